The fourth-order valence-electron chi connectivity index (χ4n) is 7.90. The first-order chi connectivity index (χ1) is 26.0. The van der Waals surface area contributed by atoms with Crippen molar-refractivity contribution < 1.29 is 9.47 Å². The zero-order valence-corrected chi connectivity index (χ0v) is 33.9. The van der Waals surface area contributed by atoms with Crippen molar-refractivity contribution in [2.45, 2.75) is 39.3 Å². The Morgan fingerprint density at radius 1 is 0.389 bits per heavy atom. The van der Waals surface area contributed by atoms with Gasteiger partial charge in [0, 0.05) is 29.0 Å². The molecule has 0 saturated heterocycles. The van der Waals surface area contributed by atoms with Crippen molar-refractivity contribution >= 4 is 66.7 Å². The molecule has 2 aliphatic heterocycles. The third kappa shape index (κ3) is 6.19. The molecule has 0 aliphatic carbocycles. The third-order valence-corrected chi connectivity index (χ3v) is 15.0. The molecule has 9 rings (SSSR count). The van der Waals surface area contributed by atoms with Crippen molar-refractivity contribution in [3.8, 4) is 45.3 Å². The second kappa shape index (κ2) is 13.1. The van der Waals surface area contributed by atoms with E-state index in [1.807, 2.05) is 0 Å². The number of ether oxygens (including phenoxy) is 2. The van der Waals surface area contributed by atoms with E-state index in [9.17, 15) is 0 Å². The van der Waals surface area contributed by atoms with Crippen LogP contribution in [-0.4, -0.2) is 22.9 Å². The van der Waals surface area contributed by atoms with Gasteiger partial charge < -0.3 is 14.4 Å². The van der Waals surface area contributed by atoms with E-state index in [2.05, 4.69) is 202 Å². The molecule has 6 heteroatoms. The number of hydrogen-bond acceptors (Lipinski definition) is 3. The van der Waals surface area contributed by atoms with E-state index in [1.165, 1.54) is 21.5 Å². The smallest absolute Gasteiger partial charge is 0.260 e. The van der Waals surface area contributed by atoms with Gasteiger partial charge in [-0.05, 0) is 69.6 Å². The summed E-state index contributed by atoms with van der Waals surface area (Å²) in [5, 5.41) is 2.90. The number of hydrogen-bond donors (Lipinski definition) is 0. The largest absolute Gasteiger partial charge is 0.458 e. The van der Waals surface area contributed by atoms with Gasteiger partial charge in [0.1, 0.15) is 23.0 Å². The third-order valence-electron chi connectivity index (χ3n) is 10.9. The molecule has 54 heavy (non-hydrogen) atoms. The molecule has 0 spiro atoms. The molecule has 0 radical (unpaired) electrons. The monoisotopic (exact) mass is 733 g/mol. The Labute approximate surface area is 322 Å². The maximum atomic E-state index is 7.01. The molecule has 3 nitrogen and oxygen atoms in total. The van der Waals surface area contributed by atoms with Gasteiger partial charge >= 0.3 is 0 Å². The first-order valence-electron chi connectivity index (χ1n) is 18.9. The minimum Gasteiger partial charge on any atom is -0.458 e. The second-order valence-electron chi connectivity index (χ2n) is 16.7. The highest BCUT2D eigenvalue weighted by molar-refractivity contribution is 6.98. The number of rotatable bonds is 7. The Kier molecular flexibility index (Phi) is 8.29. The highest BCUT2D eigenvalue weighted by atomic mass is 28.3. The van der Waals surface area contributed by atoms with Gasteiger partial charge in [0.25, 0.3) is 6.71 Å². The Balaban J connectivity index is 1.23. The highest BCUT2D eigenvalue weighted by Gasteiger charge is 2.41. The molecule has 0 N–H and O–H groups in total. The fourth-order valence-corrected chi connectivity index (χ4v) is 10.3. The number of para-hydroxylation sites is 2. The van der Waals surface area contributed by atoms with Crippen LogP contribution in [0.15, 0.2) is 158 Å². The van der Waals surface area contributed by atoms with Crippen LogP contribution in [0.1, 0.15) is 0 Å². The standard InChI is InChI=1S/C48H44BNO2Si2/c1-53(2,3)40-21-13-15-33(27-40)35-23-25-42-44(29-35)51-46-31-39(50(37-17-9-7-10-18-37)38-19-11-8-12-20-38)32-47-48(46)49(42)43-26-24-36(30-45(43)52-47)34-16-14-22-41(28-34)54(4,5)6/h7-32H,1-6H3. The van der Waals surface area contributed by atoms with Crippen molar-refractivity contribution in [1.29, 1.82) is 0 Å². The van der Waals surface area contributed by atoms with Crippen molar-refractivity contribution in [2.24, 2.45) is 0 Å². The van der Waals surface area contributed by atoms with E-state index in [1.54, 1.807) is 0 Å². The summed E-state index contributed by atoms with van der Waals surface area (Å²) < 4.78 is 14.0. The summed E-state index contributed by atoms with van der Waals surface area (Å²) in [6.07, 6.45) is 0. The van der Waals surface area contributed by atoms with Gasteiger partial charge in [0.05, 0.1) is 21.8 Å². The Morgan fingerprint density at radius 2 is 0.815 bits per heavy atom. The number of fused-ring (bicyclic) bond motifs is 4. The quantitative estimate of drug-likeness (QED) is 0.152. The summed E-state index contributed by atoms with van der Waals surface area (Å²) in [5.74, 6) is 3.42. The Bertz CT molecular complexity index is 2370. The van der Waals surface area contributed by atoms with Gasteiger partial charge in [-0.1, -0.05) is 159 Å². The van der Waals surface area contributed by atoms with Crippen LogP contribution in [0.3, 0.4) is 0 Å². The molecule has 0 atom stereocenters. The molecular weight excluding hydrogens is 690 g/mol. The van der Waals surface area contributed by atoms with Gasteiger partial charge in [0.15, 0.2) is 0 Å². The topological polar surface area (TPSA) is 21.7 Å². The van der Waals surface area contributed by atoms with Crippen LogP contribution in [0.2, 0.25) is 39.3 Å². The molecule has 2 heterocycles. The van der Waals surface area contributed by atoms with Gasteiger partial charge in [0.2, 0.25) is 0 Å². The van der Waals surface area contributed by atoms with E-state index in [0.29, 0.717) is 0 Å². The van der Waals surface area contributed by atoms with E-state index >= 15 is 0 Å². The highest BCUT2D eigenvalue weighted by Crippen LogP contribution is 2.43. The van der Waals surface area contributed by atoms with Crippen LogP contribution in [0.5, 0.6) is 23.0 Å². The molecule has 7 aromatic carbocycles. The van der Waals surface area contributed by atoms with Crippen molar-refractivity contribution in [2.75, 3.05) is 4.90 Å². The van der Waals surface area contributed by atoms with Crippen molar-refractivity contribution in [1.82, 2.24) is 0 Å². The molecule has 264 valence electrons. The second-order valence-corrected chi connectivity index (χ2v) is 26.8. The number of nitrogens with zero attached hydrogens (tertiary/aromatic N) is 1. The van der Waals surface area contributed by atoms with Crippen LogP contribution in [-0.2, 0) is 0 Å². The first kappa shape index (κ1) is 34.2. The Morgan fingerprint density at radius 3 is 1.24 bits per heavy atom. The average molecular weight is 734 g/mol. The SMILES string of the molecule is C[Si](C)(C)c1cccc(-c2ccc3c(c2)Oc2cc(N(c4ccccc4)c4ccccc4)cc4c2B3c2ccc(-c3cccc([Si](C)(C)C)c3)cc2O4)c1. The molecule has 0 amide bonds. The zero-order chi connectivity index (χ0) is 37.2. The summed E-state index contributed by atoms with van der Waals surface area (Å²) in [7, 11) is -2.98. The minimum absolute atomic E-state index is 0.0387. The van der Waals surface area contributed by atoms with Crippen LogP contribution < -0.4 is 41.1 Å². The van der Waals surface area contributed by atoms with E-state index in [4.69, 9.17) is 9.47 Å². The summed E-state index contributed by atoms with van der Waals surface area (Å²) >= 11 is 0. The predicted molar refractivity (Wildman–Crippen MR) is 236 cm³/mol. The maximum absolute atomic E-state index is 7.01. The van der Waals surface area contributed by atoms with Crippen molar-refractivity contribution in [3.05, 3.63) is 158 Å². The first-order valence-corrected chi connectivity index (χ1v) is 25.9. The van der Waals surface area contributed by atoms with Crippen LogP contribution >= 0.6 is 0 Å². The van der Waals surface area contributed by atoms with E-state index in [0.717, 1.165) is 67.6 Å². The lowest BCUT2D eigenvalue weighted by Gasteiger charge is -2.35. The zero-order valence-electron chi connectivity index (χ0n) is 31.9. The molecule has 0 fully saturated rings. The molecular formula is C48H44BNO2Si2. The Hall–Kier alpha value is -5.56. The minimum atomic E-state index is -1.49. The van der Waals surface area contributed by atoms with Crippen LogP contribution in [0.4, 0.5) is 17.1 Å². The molecule has 2 aliphatic rings. The van der Waals surface area contributed by atoms with Crippen LogP contribution in [0, 0.1) is 0 Å². The molecule has 7 aromatic rings. The summed E-state index contributed by atoms with van der Waals surface area (Å²) in [5.41, 5.74) is 11.2. The van der Waals surface area contributed by atoms with Gasteiger partial charge in [-0.2, -0.15) is 0 Å². The van der Waals surface area contributed by atoms with Crippen LogP contribution in [0.25, 0.3) is 22.3 Å². The van der Waals surface area contributed by atoms with Crippen molar-refractivity contribution in [3.63, 3.8) is 0 Å². The summed E-state index contributed by atoms with van der Waals surface area (Å²) in [4.78, 5) is 2.28. The molecule has 0 unspecified atom stereocenters. The maximum Gasteiger partial charge on any atom is 0.260 e. The number of benzene rings is 7. The van der Waals surface area contributed by atoms with Gasteiger partial charge in [-0.3, -0.25) is 0 Å². The number of anilines is 3. The molecule has 0 aromatic heterocycles. The average Bonchev–Trinajstić information content (AvgIpc) is 3.17. The van der Waals surface area contributed by atoms with E-state index in [-0.39, 0.29) is 6.71 Å². The predicted octanol–water partition coefficient (Wildman–Crippen LogP) is 10.3. The summed E-state index contributed by atoms with van der Waals surface area (Å²) in [6, 6.07) is 57.1. The van der Waals surface area contributed by atoms with E-state index < -0.39 is 16.1 Å². The molecule has 0 saturated carbocycles. The van der Waals surface area contributed by atoms with Gasteiger partial charge in [-0.25, -0.2) is 0 Å². The summed E-state index contributed by atoms with van der Waals surface area (Å²) in [6.45, 7) is 14.4. The van der Waals surface area contributed by atoms with Gasteiger partial charge in [-0.15, -0.1) is 0 Å². The lowest BCUT2D eigenvalue weighted by atomic mass is 9.34. The molecule has 0 bridgehead atoms. The lowest BCUT2D eigenvalue weighted by molar-refractivity contribution is 0.465. The fraction of sp³-hybridized carbons (Fsp3) is 0.125. The lowest BCUT2D eigenvalue weighted by Crippen LogP contribution is -2.57. The normalized spacial score (nSPS) is 12.9.